The van der Waals surface area contributed by atoms with Gasteiger partial charge in [0.1, 0.15) is 17.5 Å². The van der Waals surface area contributed by atoms with Crippen molar-refractivity contribution in [2.75, 3.05) is 0 Å². The molecule has 2 aromatic carbocycles. The lowest BCUT2D eigenvalue weighted by Gasteiger charge is -2.14. The van der Waals surface area contributed by atoms with Crippen LogP contribution >= 0.6 is 11.6 Å². The minimum Gasteiger partial charge on any atom is -0.324 e. The van der Waals surface area contributed by atoms with Crippen LogP contribution in [0.3, 0.4) is 0 Å². The third-order valence-electron chi connectivity index (χ3n) is 2.81. The summed E-state index contributed by atoms with van der Waals surface area (Å²) in [6, 6.07) is 6.42. The largest absolute Gasteiger partial charge is 0.324 e. The molecule has 1 atom stereocenters. The van der Waals surface area contributed by atoms with Crippen LogP contribution < -0.4 is 5.73 Å². The quantitative estimate of drug-likeness (QED) is 0.906. The number of benzene rings is 2. The second-order valence-electron chi connectivity index (χ2n) is 4.21. The molecular weight excluding hydrogens is 275 g/mol. The van der Waals surface area contributed by atoms with Crippen LogP contribution in [0, 0.1) is 17.5 Å². The van der Waals surface area contributed by atoms with Gasteiger partial charge in [-0.15, -0.1) is 0 Å². The molecular formula is C14H11ClF3N. The standard InChI is InChI=1S/C14H11ClF3N/c15-9-1-3-11(13(18)7-9)14(19)6-8-5-10(16)2-4-12(8)17/h1-5,7,14H,6,19H2. The van der Waals surface area contributed by atoms with Crippen LogP contribution in [0.1, 0.15) is 17.2 Å². The Balaban J connectivity index is 2.25. The van der Waals surface area contributed by atoms with Crippen LogP contribution in [0.5, 0.6) is 0 Å². The molecule has 100 valence electrons. The van der Waals surface area contributed by atoms with E-state index in [0.29, 0.717) is 0 Å². The van der Waals surface area contributed by atoms with E-state index >= 15 is 0 Å². The van der Waals surface area contributed by atoms with E-state index in [9.17, 15) is 13.2 Å². The number of hydrogen-bond acceptors (Lipinski definition) is 1. The van der Waals surface area contributed by atoms with Crippen molar-refractivity contribution < 1.29 is 13.2 Å². The van der Waals surface area contributed by atoms with E-state index in [1.165, 1.54) is 12.1 Å². The smallest absolute Gasteiger partial charge is 0.129 e. The summed E-state index contributed by atoms with van der Waals surface area (Å²) in [5, 5.41) is 0.255. The van der Waals surface area contributed by atoms with Crippen molar-refractivity contribution in [3.63, 3.8) is 0 Å². The van der Waals surface area contributed by atoms with Crippen molar-refractivity contribution >= 4 is 11.6 Å². The fourth-order valence-corrected chi connectivity index (χ4v) is 2.01. The highest BCUT2D eigenvalue weighted by Gasteiger charge is 2.15. The van der Waals surface area contributed by atoms with E-state index in [4.69, 9.17) is 17.3 Å². The van der Waals surface area contributed by atoms with Crippen LogP contribution in [0.15, 0.2) is 36.4 Å². The zero-order valence-corrected chi connectivity index (χ0v) is 10.6. The fourth-order valence-electron chi connectivity index (χ4n) is 1.85. The van der Waals surface area contributed by atoms with Gasteiger partial charge in [-0.3, -0.25) is 0 Å². The zero-order chi connectivity index (χ0) is 14.0. The first-order chi connectivity index (χ1) is 8.97. The Morgan fingerprint density at radius 1 is 1.00 bits per heavy atom. The van der Waals surface area contributed by atoms with Gasteiger partial charge in [-0.25, -0.2) is 13.2 Å². The average Bonchev–Trinajstić information content (AvgIpc) is 2.33. The molecule has 0 aromatic heterocycles. The van der Waals surface area contributed by atoms with Crippen molar-refractivity contribution in [2.24, 2.45) is 5.73 Å². The maximum Gasteiger partial charge on any atom is 0.129 e. The van der Waals surface area contributed by atoms with Gasteiger partial charge in [0, 0.05) is 16.6 Å². The van der Waals surface area contributed by atoms with Crippen LogP contribution in [-0.4, -0.2) is 0 Å². The molecule has 1 nitrogen and oxygen atoms in total. The summed E-state index contributed by atoms with van der Waals surface area (Å²) in [4.78, 5) is 0. The van der Waals surface area contributed by atoms with Gasteiger partial charge in [-0.05, 0) is 42.3 Å². The summed E-state index contributed by atoms with van der Waals surface area (Å²) in [6.07, 6.45) is 0.00213. The first-order valence-corrected chi connectivity index (χ1v) is 5.99. The first-order valence-electron chi connectivity index (χ1n) is 5.62. The third kappa shape index (κ3) is 3.28. The second-order valence-corrected chi connectivity index (χ2v) is 4.65. The normalized spacial score (nSPS) is 12.5. The molecule has 2 rings (SSSR count). The van der Waals surface area contributed by atoms with Gasteiger partial charge < -0.3 is 5.73 Å². The molecule has 0 bridgehead atoms. The Kier molecular flexibility index (Phi) is 4.12. The molecule has 0 amide bonds. The van der Waals surface area contributed by atoms with Gasteiger partial charge >= 0.3 is 0 Å². The molecule has 5 heteroatoms. The Labute approximate surface area is 113 Å². The lowest BCUT2D eigenvalue weighted by molar-refractivity contribution is 0.555. The van der Waals surface area contributed by atoms with E-state index in [2.05, 4.69) is 0 Å². The van der Waals surface area contributed by atoms with Crippen molar-refractivity contribution in [3.05, 3.63) is 70.0 Å². The molecule has 2 aromatic rings. The lowest BCUT2D eigenvalue weighted by Crippen LogP contribution is -2.16. The molecule has 1 unspecified atom stereocenters. The number of hydrogen-bond donors (Lipinski definition) is 1. The number of nitrogens with two attached hydrogens (primary N) is 1. The van der Waals surface area contributed by atoms with Gasteiger partial charge in [0.2, 0.25) is 0 Å². The van der Waals surface area contributed by atoms with E-state index in [-0.39, 0.29) is 22.6 Å². The van der Waals surface area contributed by atoms with Gasteiger partial charge in [-0.2, -0.15) is 0 Å². The maximum atomic E-state index is 13.7. The summed E-state index contributed by atoms with van der Waals surface area (Å²) in [6.45, 7) is 0. The molecule has 0 saturated heterocycles. The molecule has 0 saturated carbocycles. The van der Waals surface area contributed by atoms with E-state index < -0.39 is 23.5 Å². The second kappa shape index (κ2) is 5.63. The molecule has 0 aliphatic heterocycles. The van der Waals surface area contributed by atoms with Crippen LogP contribution in [-0.2, 0) is 6.42 Å². The van der Waals surface area contributed by atoms with Crippen LogP contribution in [0.4, 0.5) is 13.2 Å². The van der Waals surface area contributed by atoms with Gasteiger partial charge in [0.15, 0.2) is 0 Å². The lowest BCUT2D eigenvalue weighted by atomic mass is 9.99. The summed E-state index contributed by atoms with van der Waals surface area (Å²) >= 11 is 5.64. The molecule has 2 N–H and O–H groups in total. The Morgan fingerprint density at radius 3 is 2.42 bits per heavy atom. The predicted octanol–water partition coefficient (Wildman–Crippen LogP) is 4.00. The third-order valence-corrected chi connectivity index (χ3v) is 3.04. The van der Waals surface area contributed by atoms with E-state index in [1.807, 2.05) is 0 Å². The molecule has 0 aliphatic rings. The van der Waals surface area contributed by atoms with E-state index in [0.717, 1.165) is 24.3 Å². The summed E-state index contributed by atoms with van der Waals surface area (Å²) < 4.78 is 40.2. The van der Waals surface area contributed by atoms with Crippen molar-refractivity contribution in [1.29, 1.82) is 0 Å². The van der Waals surface area contributed by atoms with Gasteiger partial charge in [0.25, 0.3) is 0 Å². The topological polar surface area (TPSA) is 26.0 Å². The van der Waals surface area contributed by atoms with E-state index in [1.54, 1.807) is 0 Å². The molecule has 0 radical (unpaired) electrons. The minimum atomic E-state index is -0.770. The first kappa shape index (κ1) is 13.9. The highest BCUT2D eigenvalue weighted by molar-refractivity contribution is 6.30. The zero-order valence-electron chi connectivity index (χ0n) is 9.84. The molecule has 0 aliphatic carbocycles. The van der Waals surface area contributed by atoms with Crippen LogP contribution in [0.2, 0.25) is 5.02 Å². The summed E-state index contributed by atoms with van der Waals surface area (Å²) in [5.41, 5.74) is 6.15. The average molecular weight is 286 g/mol. The number of halogens is 4. The van der Waals surface area contributed by atoms with Crippen molar-refractivity contribution in [1.82, 2.24) is 0 Å². The Hall–Kier alpha value is -1.52. The SMILES string of the molecule is NC(Cc1cc(F)ccc1F)c1ccc(Cl)cc1F. The summed E-state index contributed by atoms with van der Waals surface area (Å²) in [7, 11) is 0. The van der Waals surface area contributed by atoms with Gasteiger partial charge in [-0.1, -0.05) is 17.7 Å². The highest BCUT2D eigenvalue weighted by Crippen LogP contribution is 2.23. The maximum absolute atomic E-state index is 13.7. The van der Waals surface area contributed by atoms with Crippen LogP contribution in [0.25, 0.3) is 0 Å². The minimum absolute atomic E-state index is 0.00213. The Morgan fingerprint density at radius 2 is 1.74 bits per heavy atom. The predicted molar refractivity (Wildman–Crippen MR) is 68.4 cm³/mol. The Bertz CT molecular complexity index is 601. The van der Waals surface area contributed by atoms with Gasteiger partial charge in [0.05, 0.1) is 0 Å². The molecule has 0 fully saturated rings. The molecule has 0 heterocycles. The monoisotopic (exact) mass is 285 g/mol. The van der Waals surface area contributed by atoms with Crippen molar-refractivity contribution in [3.8, 4) is 0 Å². The van der Waals surface area contributed by atoms with Crippen molar-refractivity contribution in [2.45, 2.75) is 12.5 Å². The molecule has 0 spiro atoms. The number of rotatable bonds is 3. The fraction of sp³-hybridized carbons (Fsp3) is 0.143. The summed E-state index contributed by atoms with van der Waals surface area (Å²) in [5.74, 6) is -1.68. The molecule has 19 heavy (non-hydrogen) atoms. The highest BCUT2D eigenvalue weighted by atomic mass is 35.5.